The van der Waals surface area contributed by atoms with Crippen LogP contribution in [0.25, 0.3) is 11.3 Å². The number of hydrogen-bond acceptors (Lipinski definition) is 4. The van der Waals surface area contributed by atoms with Gasteiger partial charge in [0.05, 0.1) is 17.3 Å². The largest absolute Gasteiger partial charge is 0.365 e. The second-order valence-corrected chi connectivity index (χ2v) is 3.90. The molecular weight excluding hydrogens is 222 g/mol. The third-order valence-electron chi connectivity index (χ3n) is 2.08. The molecule has 0 radical (unpaired) electrons. The maximum absolute atomic E-state index is 10.9. The molecule has 0 atom stereocenters. The average molecular weight is 229 g/mol. The predicted octanol–water partition coefficient (Wildman–Crippen LogP) is 1.78. The molecule has 5 heteroatoms. The molecule has 0 fully saturated rings. The first-order valence-electron chi connectivity index (χ1n) is 4.48. The van der Waals surface area contributed by atoms with E-state index in [4.69, 9.17) is 11.0 Å². The van der Waals surface area contributed by atoms with Crippen LogP contribution in [0.4, 0.5) is 0 Å². The Morgan fingerprint density at radius 1 is 1.44 bits per heavy atom. The molecule has 2 rings (SSSR count). The van der Waals surface area contributed by atoms with Gasteiger partial charge >= 0.3 is 0 Å². The number of nitriles is 1. The minimum Gasteiger partial charge on any atom is -0.365 e. The Morgan fingerprint density at radius 2 is 2.19 bits per heavy atom. The molecule has 16 heavy (non-hydrogen) atoms. The fraction of sp³-hybridized carbons (Fsp3) is 0. The topological polar surface area (TPSA) is 79.8 Å². The lowest BCUT2D eigenvalue weighted by molar-refractivity contribution is 0.100. The lowest BCUT2D eigenvalue weighted by Crippen LogP contribution is -2.08. The van der Waals surface area contributed by atoms with E-state index in [9.17, 15) is 4.79 Å². The Bertz CT molecular complexity index is 583. The summed E-state index contributed by atoms with van der Waals surface area (Å²) in [4.78, 5) is 11.3. The van der Waals surface area contributed by atoms with Crippen molar-refractivity contribution in [2.45, 2.75) is 0 Å². The number of rotatable bonds is 2. The molecule has 1 aromatic heterocycles. The van der Waals surface area contributed by atoms with Crippen molar-refractivity contribution in [1.29, 1.82) is 5.26 Å². The Morgan fingerprint density at radius 3 is 2.81 bits per heavy atom. The molecule has 0 aliphatic carbocycles. The van der Waals surface area contributed by atoms with E-state index in [2.05, 4.69) is 10.4 Å². The van der Waals surface area contributed by atoms with E-state index in [0.29, 0.717) is 21.7 Å². The second-order valence-electron chi connectivity index (χ2n) is 3.10. The predicted molar refractivity (Wildman–Crippen MR) is 60.8 cm³/mol. The van der Waals surface area contributed by atoms with E-state index in [0.717, 1.165) is 11.5 Å². The number of carbonyl (C=O) groups is 1. The van der Waals surface area contributed by atoms with Crippen molar-refractivity contribution < 1.29 is 4.79 Å². The number of aromatic nitrogens is 1. The molecule has 0 aliphatic heterocycles. The Balaban J connectivity index is 2.51. The number of amides is 1. The van der Waals surface area contributed by atoms with Crippen LogP contribution in [0, 0.1) is 11.3 Å². The average Bonchev–Trinajstić information content (AvgIpc) is 2.78. The molecule has 0 saturated carbocycles. The molecule has 1 amide bonds. The number of nitrogens with zero attached hydrogens (tertiary/aromatic N) is 2. The van der Waals surface area contributed by atoms with Crippen molar-refractivity contribution in [3.8, 4) is 17.3 Å². The molecule has 2 aromatic rings. The van der Waals surface area contributed by atoms with Crippen molar-refractivity contribution in [3.05, 3.63) is 40.8 Å². The summed E-state index contributed by atoms with van der Waals surface area (Å²) >= 11 is 1.04. The third kappa shape index (κ3) is 1.78. The van der Waals surface area contributed by atoms with Gasteiger partial charge in [0.15, 0.2) is 0 Å². The summed E-state index contributed by atoms with van der Waals surface area (Å²) in [7, 11) is 0. The monoisotopic (exact) mass is 229 g/mol. The lowest BCUT2D eigenvalue weighted by atomic mass is 10.1. The van der Waals surface area contributed by atoms with Gasteiger partial charge in [-0.25, -0.2) is 0 Å². The highest BCUT2D eigenvalue weighted by Crippen LogP contribution is 2.24. The maximum Gasteiger partial charge on any atom is 0.260 e. The van der Waals surface area contributed by atoms with E-state index < -0.39 is 5.91 Å². The minimum absolute atomic E-state index is 0.391. The highest BCUT2D eigenvalue weighted by molar-refractivity contribution is 7.08. The molecule has 2 N–H and O–H groups in total. The van der Waals surface area contributed by atoms with Crippen LogP contribution >= 0.6 is 11.5 Å². The molecule has 0 bridgehead atoms. The molecular formula is C11H7N3OS. The van der Waals surface area contributed by atoms with Crippen LogP contribution in [0.3, 0.4) is 0 Å². The van der Waals surface area contributed by atoms with Crippen LogP contribution < -0.4 is 5.73 Å². The Labute approximate surface area is 96.1 Å². The van der Waals surface area contributed by atoms with Crippen LogP contribution in [0.5, 0.6) is 0 Å². The van der Waals surface area contributed by atoms with Crippen molar-refractivity contribution in [1.82, 2.24) is 4.37 Å². The van der Waals surface area contributed by atoms with Crippen LogP contribution in [-0.2, 0) is 0 Å². The summed E-state index contributed by atoms with van der Waals surface area (Å²) in [5.41, 5.74) is 7.00. The van der Waals surface area contributed by atoms with Gasteiger partial charge < -0.3 is 5.73 Å². The van der Waals surface area contributed by atoms with Gasteiger partial charge in [-0.05, 0) is 23.7 Å². The SMILES string of the molecule is N#Cc1ccccc1-c1cc(C(N)=O)sn1. The van der Waals surface area contributed by atoms with Crippen LogP contribution in [0.2, 0.25) is 0 Å². The third-order valence-corrected chi connectivity index (χ3v) is 2.88. The summed E-state index contributed by atoms with van der Waals surface area (Å²) in [6.45, 7) is 0. The van der Waals surface area contributed by atoms with Crippen LogP contribution in [-0.4, -0.2) is 10.3 Å². The molecule has 0 spiro atoms. The fourth-order valence-corrected chi connectivity index (χ4v) is 1.92. The molecule has 0 unspecified atom stereocenters. The normalized spacial score (nSPS) is 9.69. The van der Waals surface area contributed by atoms with Gasteiger partial charge in [0.2, 0.25) is 0 Å². The van der Waals surface area contributed by atoms with Gasteiger partial charge in [0.1, 0.15) is 4.88 Å². The van der Waals surface area contributed by atoms with Crippen molar-refractivity contribution >= 4 is 17.4 Å². The first-order chi connectivity index (χ1) is 7.72. The summed E-state index contributed by atoms with van der Waals surface area (Å²) in [6.07, 6.45) is 0. The standard InChI is InChI=1S/C11H7N3OS/c12-6-7-3-1-2-4-8(7)9-5-10(11(13)15)16-14-9/h1-5H,(H2,13,15). The summed E-state index contributed by atoms with van der Waals surface area (Å²) in [5, 5.41) is 8.93. The minimum atomic E-state index is -0.502. The molecule has 78 valence electrons. The lowest BCUT2D eigenvalue weighted by Gasteiger charge is -1.97. The van der Waals surface area contributed by atoms with Gasteiger partial charge in [0, 0.05) is 5.56 Å². The first-order valence-corrected chi connectivity index (χ1v) is 5.25. The van der Waals surface area contributed by atoms with Gasteiger partial charge in [-0.15, -0.1) is 0 Å². The molecule has 1 aromatic carbocycles. The van der Waals surface area contributed by atoms with Crippen molar-refractivity contribution in [2.24, 2.45) is 5.73 Å². The van der Waals surface area contributed by atoms with E-state index in [1.54, 1.807) is 24.3 Å². The highest BCUT2D eigenvalue weighted by Gasteiger charge is 2.11. The van der Waals surface area contributed by atoms with Crippen LogP contribution in [0.1, 0.15) is 15.2 Å². The highest BCUT2D eigenvalue weighted by atomic mass is 32.1. The maximum atomic E-state index is 10.9. The van der Waals surface area contributed by atoms with Gasteiger partial charge in [-0.1, -0.05) is 18.2 Å². The van der Waals surface area contributed by atoms with Gasteiger partial charge in [-0.3, -0.25) is 4.79 Å². The van der Waals surface area contributed by atoms with E-state index >= 15 is 0 Å². The number of nitrogens with two attached hydrogens (primary N) is 1. The van der Waals surface area contributed by atoms with Gasteiger partial charge in [-0.2, -0.15) is 9.64 Å². The molecule has 0 aliphatic rings. The number of carbonyl (C=O) groups excluding carboxylic acids is 1. The summed E-state index contributed by atoms with van der Waals surface area (Å²) in [5.74, 6) is -0.502. The Hall–Kier alpha value is -2.19. The quantitative estimate of drug-likeness (QED) is 0.852. The number of primary amides is 1. The Kier molecular flexibility index (Phi) is 2.66. The smallest absolute Gasteiger partial charge is 0.260 e. The molecule has 0 saturated heterocycles. The second kappa shape index (κ2) is 4.13. The van der Waals surface area contributed by atoms with E-state index in [-0.39, 0.29) is 0 Å². The van der Waals surface area contributed by atoms with Crippen LogP contribution in [0.15, 0.2) is 30.3 Å². The van der Waals surface area contributed by atoms with Gasteiger partial charge in [0.25, 0.3) is 5.91 Å². The van der Waals surface area contributed by atoms with Crippen molar-refractivity contribution in [3.63, 3.8) is 0 Å². The zero-order valence-corrected chi connectivity index (χ0v) is 8.99. The molecule has 4 nitrogen and oxygen atoms in total. The molecule has 1 heterocycles. The number of benzene rings is 1. The summed E-state index contributed by atoms with van der Waals surface area (Å²) in [6, 6.07) is 10.8. The van der Waals surface area contributed by atoms with E-state index in [1.165, 1.54) is 0 Å². The summed E-state index contributed by atoms with van der Waals surface area (Å²) < 4.78 is 4.11. The zero-order valence-electron chi connectivity index (χ0n) is 8.18. The zero-order chi connectivity index (χ0) is 11.5. The first kappa shape index (κ1) is 10.3. The number of hydrogen-bond donors (Lipinski definition) is 1. The fourth-order valence-electron chi connectivity index (χ4n) is 1.32. The van der Waals surface area contributed by atoms with E-state index in [1.807, 2.05) is 6.07 Å². The van der Waals surface area contributed by atoms with Crippen molar-refractivity contribution in [2.75, 3.05) is 0 Å².